The zero-order valence-corrected chi connectivity index (χ0v) is 12.7. The van der Waals surface area contributed by atoms with Gasteiger partial charge in [0.15, 0.2) is 9.84 Å². The van der Waals surface area contributed by atoms with Gasteiger partial charge in [0, 0.05) is 6.04 Å². The number of aryl methyl sites for hydroxylation is 2. The Labute approximate surface area is 121 Å². The third-order valence-corrected chi connectivity index (χ3v) is 7.11. The van der Waals surface area contributed by atoms with Crippen molar-refractivity contribution in [3.05, 3.63) is 34.9 Å². The number of hydrogen-bond acceptors (Lipinski definition) is 3. The highest BCUT2D eigenvalue weighted by molar-refractivity contribution is 7.92. The molecule has 1 aliphatic carbocycles. The molecule has 1 aliphatic heterocycles. The van der Waals surface area contributed by atoms with Gasteiger partial charge in [-0.3, -0.25) is 0 Å². The van der Waals surface area contributed by atoms with Crippen LogP contribution < -0.4 is 5.73 Å². The maximum atomic E-state index is 12.1. The first-order chi connectivity index (χ1) is 9.56. The van der Waals surface area contributed by atoms with Crippen LogP contribution in [0.5, 0.6) is 0 Å². The van der Waals surface area contributed by atoms with Crippen molar-refractivity contribution in [3.63, 3.8) is 0 Å². The van der Waals surface area contributed by atoms with Gasteiger partial charge >= 0.3 is 0 Å². The van der Waals surface area contributed by atoms with Crippen LogP contribution >= 0.6 is 0 Å². The molecule has 3 rings (SSSR count). The molecule has 3 nitrogen and oxygen atoms in total. The quantitative estimate of drug-likeness (QED) is 0.927. The molecule has 0 spiro atoms. The Kier molecular flexibility index (Phi) is 3.87. The Morgan fingerprint density at radius 1 is 1.15 bits per heavy atom. The van der Waals surface area contributed by atoms with E-state index in [1.807, 2.05) is 0 Å². The maximum Gasteiger partial charge on any atom is 0.154 e. The predicted octanol–water partition coefficient (Wildman–Crippen LogP) is 2.01. The minimum atomic E-state index is -2.98. The third-order valence-electron chi connectivity index (χ3n) is 4.74. The molecule has 2 aliphatic rings. The average molecular weight is 293 g/mol. The molecule has 1 fully saturated rings. The number of nitrogens with two attached hydrogens (primary N) is 1. The second-order valence-corrected chi connectivity index (χ2v) is 8.57. The first-order valence-corrected chi connectivity index (χ1v) is 9.35. The van der Waals surface area contributed by atoms with Gasteiger partial charge < -0.3 is 5.73 Å². The molecule has 0 saturated carbocycles. The standard InChI is InChI=1S/C16H23NO2S/c17-15(16-6-1-2-9-20(16,18)19)11-12-7-8-13-4-3-5-14(13)10-12/h7-8,10,15-16H,1-6,9,11,17H2. The molecule has 0 amide bonds. The number of benzene rings is 1. The van der Waals surface area contributed by atoms with Crippen molar-refractivity contribution >= 4 is 9.84 Å². The van der Waals surface area contributed by atoms with Gasteiger partial charge in [0.05, 0.1) is 11.0 Å². The summed E-state index contributed by atoms with van der Waals surface area (Å²) < 4.78 is 24.2. The van der Waals surface area contributed by atoms with E-state index in [0.717, 1.165) is 25.7 Å². The van der Waals surface area contributed by atoms with Gasteiger partial charge in [-0.1, -0.05) is 24.6 Å². The van der Waals surface area contributed by atoms with Gasteiger partial charge in [-0.15, -0.1) is 0 Å². The third kappa shape index (κ3) is 2.77. The van der Waals surface area contributed by atoms with E-state index in [4.69, 9.17) is 5.73 Å². The highest BCUT2D eigenvalue weighted by atomic mass is 32.2. The molecule has 110 valence electrons. The summed E-state index contributed by atoms with van der Waals surface area (Å²) in [5.41, 5.74) is 10.3. The van der Waals surface area contributed by atoms with Gasteiger partial charge in [-0.05, 0) is 55.2 Å². The lowest BCUT2D eigenvalue weighted by molar-refractivity contribution is 0.495. The van der Waals surface area contributed by atoms with Gasteiger partial charge in [-0.2, -0.15) is 0 Å². The molecule has 1 heterocycles. The summed E-state index contributed by atoms with van der Waals surface area (Å²) in [5.74, 6) is 0.315. The van der Waals surface area contributed by atoms with Gasteiger partial charge in [-0.25, -0.2) is 8.42 Å². The first-order valence-electron chi connectivity index (χ1n) is 7.64. The number of hydrogen-bond donors (Lipinski definition) is 1. The fourth-order valence-corrected chi connectivity index (χ4v) is 5.68. The van der Waals surface area contributed by atoms with Crippen LogP contribution in [-0.4, -0.2) is 25.5 Å². The SMILES string of the molecule is NC(Cc1ccc2c(c1)CCC2)C1CCCCS1(=O)=O. The lowest BCUT2D eigenvalue weighted by Gasteiger charge is -2.27. The molecule has 0 aromatic heterocycles. The van der Waals surface area contributed by atoms with Crippen LogP contribution in [0, 0.1) is 0 Å². The van der Waals surface area contributed by atoms with Crippen LogP contribution in [0.2, 0.25) is 0 Å². The van der Waals surface area contributed by atoms with Crippen LogP contribution in [0.4, 0.5) is 0 Å². The summed E-state index contributed by atoms with van der Waals surface area (Å²) in [4.78, 5) is 0. The molecular weight excluding hydrogens is 270 g/mol. The topological polar surface area (TPSA) is 60.2 Å². The highest BCUT2D eigenvalue weighted by Gasteiger charge is 2.33. The summed E-state index contributed by atoms with van der Waals surface area (Å²) >= 11 is 0. The Morgan fingerprint density at radius 2 is 1.95 bits per heavy atom. The fraction of sp³-hybridized carbons (Fsp3) is 0.625. The van der Waals surface area contributed by atoms with Gasteiger partial charge in [0.1, 0.15) is 0 Å². The van der Waals surface area contributed by atoms with E-state index in [0.29, 0.717) is 12.2 Å². The first kappa shape index (κ1) is 14.1. The van der Waals surface area contributed by atoms with Crippen LogP contribution in [-0.2, 0) is 29.1 Å². The van der Waals surface area contributed by atoms with Crippen molar-refractivity contribution in [2.75, 3.05) is 5.75 Å². The molecule has 0 bridgehead atoms. The normalized spacial score (nSPS) is 26.1. The van der Waals surface area contributed by atoms with Gasteiger partial charge in [0.2, 0.25) is 0 Å². The Balaban J connectivity index is 1.74. The summed E-state index contributed by atoms with van der Waals surface area (Å²) in [7, 11) is -2.98. The molecular formula is C16H23NO2S. The average Bonchev–Trinajstić information content (AvgIpc) is 2.85. The predicted molar refractivity (Wildman–Crippen MR) is 81.6 cm³/mol. The zero-order chi connectivity index (χ0) is 14.2. The highest BCUT2D eigenvalue weighted by Crippen LogP contribution is 2.26. The molecule has 1 aromatic carbocycles. The Morgan fingerprint density at radius 3 is 2.75 bits per heavy atom. The lowest BCUT2D eigenvalue weighted by Crippen LogP contribution is -2.44. The van der Waals surface area contributed by atoms with E-state index in [1.165, 1.54) is 29.5 Å². The van der Waals surface area contributed by atoms with Gasteiger partial charge in [0.25, 0.3) is 0 Å². The van der Waals surface area contributed by atoms with E-state index in [-0.39, 0.29) is 11.3 Å². The number of rotatable bonds is 3. The van der Waals surface area contributed by atoms with E-state index in [1.54, 1.807) is 0 Å². The van der Waals surface area contributed by atoms with E-state index in [9.17, 15) is 8.42 Å². The molecule has 2 N–H and O–H groups in total. The molecule has 2 unspecified atom stereocenters. The van der Waals surface area contributed by atoms with Crippen molar-refractivity contribution in [3.8, 4) is 0 Å². The molecule has 2 atom stereocenters. The van der Waals surface area contributed by atoms with Crippen LogP contribution in [0.15, 0.2) is 18.2 Å². The fourth-order valence-electron chi connectivity index (χ4n) is 3.62. The summed E-state index contributed by atoms with van der Waals surface area (Å²) in [6.07, 6.45) is 6.76. The zero-order valence-electron chi connectivity index (χ0n) is 11.8. The minimum Gasteiger partial charge on any atom is -0.326 e. The van der Waals surface area contributed by atoms with Crippen LogP contribution in [0.25, 0.3) is 0 Å². The largest absolute Gasteiger partial charge is 0.326 e. The van der Waals surface area contributed by atoms with Crippen molar-refractivity contribution in [1.82, 2.24) is 0 Å². The van der Waals surface area contributed by atoms with E-state index < -0.39 is 9.84 Å². The summed E-state index contributed by atoms with van der Waals surface area (Å²) in [5, 5.41) is -0.343. The van der Waals surface area contributed by atoms with Crippen molar-refractivity contribution < 1.29 is 8.42 Å². The van der Waals surface area contributed by atoms with Crippen LogP contribution in [0.3, 0.4) is 0 Å². The molecule has 0 radical (unpaired) electrons. The van der Waals surface area contributed by atoms with Crippen LogP contribution in [0.1, 0.15) is 42.4 Å². The smallest absolute Gasteiger partial charge is 0.154 e. The molecule has 20 heavy (non-hydrogen) atoms. The molecule has 1 aromatic rings. The monoisotopic (exact) mass is 293 g/mol. The number of fused-ring (bicyclic) bond motifs is 1. The van der Waals surface area contributed by atoms with E-state index >= 15 is 0 Å². The van der Waals surface area contributed by atoms with Crippen molar-refractivity contribution in [2.24, 2.45) is 5.73 Å². The minimum absolute atomic E-state index is 0.264. The molecule has 1 saturated heterocycles. The Hall–Kier alpha value is -0.870. The lowest BCUT2D eigenvalue weighted by atomic mass is 9.98. The molecule has 4 heteroatoms. The Bertz CT molecular complexity index is 594. The second kappa shape index (κ2) is 5.49. The van der Waals surface area contributed by atoms with Crippen molar-refractivity contribution in [2.45, 2.75) is 56.2 Å². The van der Waals surface area contributed by atoms with Crippen molar-refractivity contribution in [1.29, 1.82) is 0 Å². The number of sulfone groups is 1. The second-order valence-electron chi connectivity index (χ2n) is 6.23. The summed E-state index contributed by atoms with van der Waals surface area (Å²) in [6.45, 7) is 0. The summed E-state index contributed by atoms with van der Waals surface area (Å²) in [6, 6.07) is 6.29. The van der Waals surface area contributed by atoms with E-state index in [2.05, 4.69) is 18.2 Å². The maximum absolute atomic E-state index is 12.1.